The highest BCUT2D eigenvalue weighted by molar-refractivity contribution is 6.03. The van der Waals surface area contributed by atoms with Gasteiger partial charge in [0.2, 0.25) is 5.79 Å². The van der Waals surface area contributed by atoms with Gasteiger partial charge in [-0.05, 0) is 119 Å². The van der Waals surface area contributed by atoms with E-state index in [0.717, 1.165) is 48.1 Å². The fourth-order valence-corrected chi connectivity index (χ4v) is 8.64. The molecule has 0 spiro atoms. The van der Waals surface area contributed by atoms with Crippen molar-refractivity contribution in [3.63, 3.8) is 0 Å². The summed E-state index contributed by atoms with van der Waals surface area (Å²) in [6.45, 7) is 14.5. The Balaban J connectivity index is 1.78. The van der Waals surface area contributed by atoms with E-state index in [4.69, 9.17) is 33.7 Å². The Kier molecular flexibility index (Phi) is 15.6. The van der Waals surface area contributed by atoms with Crippen molar-refractivity contribution < 1.29 is 48.6 Å². The van der Waals surface area contributed by atoms with E-state index in [1.807, 2.05) is 45.0 Å². The van der Waals surface area contributed by atoms with Gasteiger partial charge in [0.05, 0.1) is 45.2 Å². The number of aryl methyl sites for hydroxylation is 2. The second-order valence-corrected chi connectivity index (χ2v) is 16.3. The molecule has 0 bridgehead atoms. The summed E-state index contributed by atoms with van der Waals surface area (Å²) in [7, 11) is 1.35. The molecule has 6 unspecified atom stereocenters. The molecule has 2 aromatic carbocycles. The van der Waals surface area contributed by atoms with Crippen LogP contribution in [0.1, 0.15) is 88.3 Å². The second-order valence-electron chi connectivity index (χ2n) is 16.3. The summed E-state index contributed by atoms with van der Waals surface area (Å²) < 4.78 is 31.9. The molecule has 12 heteroatoms. The first-order valence-electron chi connectivity index (χ1n) is 20.5. The molecule has 1 heterocycles. The number of carbonyl (C=O) groups is 1. The molecule has 1 fully saturated rings. The fraction of sp³-hybridized carbons (Fsp3) is 0.600. The van der Waals surface area contributed by atoms with Gasteiger partial charge in [-0.1, -0.05) is 36.2 Å². The number of nitrogens with zero attached hydrogens (tertiary/aromatic N) is 2. The van der Waals surface area contributed by atoms with Gasteiger partial charge in [-0.2, -0.15) is 0 Å². The van der Waals surface area contributed by atoms with Gasteiger partial charge in [-0.3, -0.25) is 4.90 Å². The quantitative estimate of drug-likeness (QED) is 0.0696. The van der Waals surface area contributed by atoms with Crippen molar-refractivity contribution in [2.45, 2.75) is 103 Å². The van der Waals surface area contributed by atoms with E-state index in [0.29, 0.717) is 30.1 Å². The number of carbonyl (C=O) groups excluding carboxylic acids is 1. The number of benzene rings is 2. The van der Waals surface area contributed by atoms with E-state index < -0.39 is 29.4 Å². The molecule has 0 aromatic heterocycles. The van der Waals surface area contributed by atoms with E-state index in [2.05, 4.69) is 38.6 Å². The van der Waals surface area contributed by atoms with Crippen LogP contribution in [-0.2, 0) is 19.0 Å². The number of ether oxygens (including phenoxy) is 5. The highest BCUT2D eigenvalue weighted by Gasteiger charge is 2.65. The summed E-state index contributed by atoms with van der Waals surface area (Å²) in [5, 5.41) is 34.1. The van der Waals surface area contributed by atoms with Gasteiger partial charge in [0, 0.05) is 37.7 Å². The summed E-state index contributed by atoms with van der Waals surface area (Å²) in [5.41, 5.74) is 4.28. The first kappa shape index (κ1) is 44.2. The minimum atomic E-state index is -1.44. The van der Waals surface area contributed by atoms with Crippen LogP contribution < -0.4 is 9.47 Å². The minimum Gasteiger partial charge on any atom is -0.459 e. The van der Waals surface area contributed by atoms with Crippen LogP contribution in [0.2, 0.25) is 0 Å². The topological polar surface area (TPSA) is 149 Å². The van der Waals surface area contributed by atoms with E-state index in [9.17, 15) is 20.1 Å². The first-order valence-corrected chi connectivity index (χ1v) is 20.5. The molecule has 1 saturated carbocycles. The number of hydrogen-bond acceptors (Lipinski definition) is 11. The van der Waals surface area contributed by atoms with Crippen LogP contribution in [0.4, 0.5) is 4.79 Å². The van der Waals surface area contributed by atoms with Gasteiger partial charge in [-0.15, -0.1) is 6.58 Å². The van der Waals surface area contributed by atoms with E-state index in [-0.39, 0.29) is 70.4 Å². The van der Waals surface area contributed by atoms with Crippen molar-refractivity contribution in [1.29, 1.82) is 0 Å². The molecule has 57 heavy (non-hydrogen) atoms. The second kappa shape index (κ2) is 20.2. The summed E-state index contributed by atoms with van der Waals surface area (Å²) in [6.07, 6.45) is 8.23. The number of methoxy groups -OCH3 is 1. The van der Waals surface area contributed by atoms with E-state index in [1.165, 1.54) is 12.7 Å². The van der Waals surface area contributed by atoms with Crippen molar-refractivity contribution in [2.24, 2.45) is 22.9 Å². The lowest BCUT2D eigenvalue weighted by atomic mass is 9.55. The Morgan fingerprint density at radius 3 is 2.37 bits per heavy atom. The first-order chi connectivity index (χ1) is 27.4. The predicted octanol–water partition coefficient (Wildman–Crippen LogP) is 7.61. The molecule has 3 aliphatic rings. The number of fused-ring (bicyclic) bond motifs is 2. The lowest BCUT2D eigenvalue weighted by Gasteiger charge is -2.59. The van der Waals surface area contributed by atoms with Crippen LogP contribution in [0.15, 0.2) is 65.9 Å². The summed E-state index contributed by atoms with van der Waals surface area (Å²) in [6, 6.07) is 11.2. The molecule has 314 valence electrons. The zero-order valence-electron chi connectivity index (χ0n) is 34.7. The van der Waals surface area contributed by atoms with Crippen molar-refractivity contribution in [1.82, 2.24) is 4.90 Å². The summed E-state index contributed by atoms with van der Waals surface area (Å²) in [4.78, 5) is 21.7. The third-order valence-corrected chi connectivity index (χ3v) is 11.3. The fourth-order valence-electron chi connectivity index (χ4n) is 8.64. The molecular formula is C45H64N2O10. The Hall–Kier alpha value is -3.94. The number of aliphatic hydroxyl groups is 3. The standard InChI is InChI=1S/C45H64N2O10/c1-8-23-54-45-40(47(43(51)52-7)19-24-53-25-22-50)29-38(46-57-44(4,5)6)36-27-32(13-9-11-20-48)35(14-10-12-21-49)41(42(36)45)37-28-34(17-18-39(37)56-45)55-33-16-15-30(2)31(3)26-33/h8,15-18,26-28,32,35,40-42,48-50H,1,9-14,19-25,29H2,2-7H3. The van der Waals surface area contributed by atoms with Gasteiger partial charge in [0.25, 0.3) is 0 Å². The number of unbranched alkanes of at least 4 members (excludes halogenated alkanes) is 2. The summed E-state index contributed by atoms with van der Waals surface area (Å²) >= 11 is 0. The van der Waals surface area contributed by atoms with Crippen molar-refractivity contribution in [3.05, 3.63) is 77.4 Å². The van der Waals surface area contributed by atoms with Crippen molar-refractivity contribution in [2.75, 3.05) is 53.3 Å². The maximum atomic E-state index is 13.9. The van der Waals surface area contributed by atoms with E-state index in [1.54, 1.807) is 11.0 Å². The van der Waals surface area contributed by atoms with Crippen molar-refractivity contribution in [3.8, 4) is 17.2 Å². The van der Waals surface area contributed by atoms with Gasteiger partial charge < -0.3 is 43.8 Å². The van der Waals surface area contributed by atoms with Gasteiger partial charge in [0.15, 0.2) is 0 Å². The van der Waals surface area contributed by atoms with E-state index >= 15 is 0 Å². The smallest absolute Gasteiger partial charge is 0.410 e. The molecule has 6 atom stereocenters. The molecule has 0 saturated heterocycles. The average molecular weight is 793 g/mol. The molecule has 5 rings (SSSR count). The highest BCUT2D eigenvalue weighted by atomic mass is 16.7. The molecule has 1 amide bonds. The van der Waals surface area contributed by atoms with Gasteiger partial charge >= 0.3 is 6.09 Å². The van der Waals surface area contributed by atoms with Gasteiger partial charge in [0.1, 0.15) is 28.9 Å². The van der Waals surface area contributed by atoms with Gasteiger partial charge in [-0.25, -0.2) is 4.79 Å². The predicted molar refractivity (Wildman–Crippen MR) is 219 cm³/mol. The number of hydrogen-bond donors (Lipinski definition) is 3. The maximum absolute atomic E-state index is 13.9. The SMILES string of the molecule is C=CCOC12Oc3ccc(Oc4ccc(C)c(C)c4)cc3C3C(CCCCO)C(CCCCO)C=C(C(=NOC(C)(C)C)CC1N(CCOCCO)C(=O)OC)C32. The van der Waals surface area contributed by atoms with Crippen molar-refractivity contribution >= 4 is 11.8 Å². The molecule has 2 aliphatic carbocycles. The summed E-state index contributed by atoms with van der Waals surface area (Å²) in [5.74, 6) is 0.00850. The Morgan fingerprint density at radius 1 is 0.982 bits per heavy atom. The molecule has 1 aliphatic heterocycles. The maximum Gasteiger partial charge on any atom is 0.410 e. The lowest BCUT2D eigenvalue weighted by molar-refractivity contribution is -0.256. The van der Waals surface area contributed by atoms with Crippen LogP contribution in [-0.4, -0.2) is 103 Å². The van der Waals surface area contributed by atoms with Crippen LogP contribution >= 0.6 is 0 Å². The molecular weight excluding hydrogens is 728 g/mol. The largest absolute Gasteiger partial charge is 0.459 e. The Morgan fingerprint density at radius 2 is 1.70 bits per heavy atom. The average Bonchev–Trinajstić information content (AvgIpc) is 3.18. The number of rotatable bonds is 20. The Bertz CT molecular complexity index is 1720. The number of amides is 1. The molecule has 2 aromatic rings. The zero-order chi connectivity index (χ0) is 41.2. The number of aliphatic hydroxyl groups excluding tert-OH is 3. The Labute approximate surface area is 338 Å². The molecule has 12 nitrogen and oxygen atoms in total. The van der Waals surface area contributed by atoms with Crippen LogP contribution in [0.5, 0.6) is 17.2 Å². The third kappa shape index (κ3) is 10.4. The number of oxime groups is 1. The van der Waals surface area contributed by atoms with Crippen LogP contribution in [0.3, 0.4) is 0 Å². The molecule has 3 N–H and O–H groups in total. The lowest BCUT2D eigenvalue weighted by Crippen LogP contribution is -2.70. The van der Waals surface area contributed by atoms with Crippen LogP contribution in [0.25, 0.3) is 0 Å². The zero-order valence-corrected chi connectivity index (χ0v) is 34.7. The normalized spacial score (nSPS) is 24.5. The number of allylic oxidation sites excluding steroid dienone is 1. The highest BCUT2D eigenvalue weighted by Crippen LogP contribution is 2.62. The minimum absolute atomic E-state index is 0.0539. The molecule has 0 radical (unpaired) electrons. The monoisotopic (exact) mass is 792 g/mol. The third-order valence-electron chi connectivity index (χ3n) is 11.3. The van der Waals surface area contributed by atoms with Crippen LogP contribution in [0, 0.1) is 31.6 Å².